The summed E-state index contributed by atoms with van der Waals surface area (Å²) in [7, 11) is 0. The number of carbonyl (C=O) groups is 1. The Balaban J connectivity index is 1.18. The number of halogens is 1. The lowest BCUT2D eigenvalue weighted by atomic mass is 10.2. The Morgan fingerprint density at radius 1 is 1.12 bits per heavy atom. The number of morpholine rings is 1. The van der Waals surface area contributed by atoms with Crippen molar-refractivity contribution < 1.29 is 14.3 Å². The van der Waals surface area contributed by atoms with Crippen LogP contribution in [0.15, 0.2) is 54.7 Å². The molecular weight excluding hydrogens is 430 g/mol. The van der Waals surface area contributed by atoms with E-state index in [1.807, 2.05) is 30.3 Å². The van der Waals surface area contributed by atoms with Crippen LogP contribution in [0.25, 0.3) is 0 Å². The number of ether oxygens (including phenoxy) is 2. The molecule has 9 heteroatoms. The fourth-order valence-corrected chi connectivity index (χ4v) is 3.52. The minimum atomic E-state index is -0.0848. The number of hydrogen-bond acceptors (Lipinski definition) is 6. The molecule has 32 heavy (non-hydrogen) atoms. The highest BCUT2D eigenvalue weighted by Crippen LogP contribution is 2.23. The molecule has 1 amide bonds. The van der Waals surface area contributed by atoms with Crippen LogP contribution in [0.1, 0.15) is 22.5 Å². The smallest absolute Gasteiger partial charge is 0.276 e. The fourth-order valence-electron chi connectivity index (χ4n) is 3.39. The van der Waals surface area contributed by atoms with Crippen molar-refractivity contribution in [3.05, 3.63) is 71.0 Å². The molecular formula is C23H26ClN5O3. The predicted molar refractivity (Wildman–Crippen MR) is 121 cm³/mol. The first-order chi connectivity index (χ1) is 15.7. The van der Waals surface area contributed by atoms with Gasteiger partial charge in [-0.3, -0.25) is 9.48 Å². The summed E-state index contributed by atoms with van der Waals surface area (Å²) in [6, 6.07) is 15.3. The molecule has 2 heterocycles. The molecule has 1 N–H and O–H groups in total. The number of hydrogen-bond donors (Lipinski definition) is 1. The van der Waals surface area contributed by atoms with Gasteiger partial charge in [0.2, 0.25) is 0 Å². The predicted octanol–water partition coefficient (Wildman–Crippen LogP) is 3.38. The number of aromatic nitrogens is 3. The van der Waals surface area contributed by atoms with E-state index in [4.69, 9.17) is 21.1 Å². The summed E-state index contributed by atoms with van der Waals surface area (Å²) in [6.45, 7) is 4.58. The van der Waals surface area contributed by atoms with Gasteiger partial charge in [-0.2, -0.15) is 0 Å². The number of aryl methyl sites for hydroxylation is 1. The SMILES string of the molecule is O=C(c1cn(CCCNCc2cccc(Oc3ccc(Cl)cc3)c2)nn1)N1CCOCC1. The van der Waals surface area contributed by atoms with Gasteiger partial charge < -0.3 is 19.7 Å². The van der Waals surface area contributed by atoms with Crippen LogP contribution in [0.4, 0.5) is 0 Å². The summed E-state index contributed by atoms with van der Waals surface area (Å²) in [4.78, 5) is 14.2. The van der Waals surface area contributed by atoms with Crippen molar-refractivity contribution in [2.45, 2.75) is 19.5 Å². The Hall–Kier alpha value is -2.94. The second kappa shape index (κ2) is 11.1. The number of rotatable bonds is 9. The highest BCUT2D eigenvalue weighted by atomic mass is 35.5. The number of amides is 1. The van der Waals surface area contributed by atoms with Crippen molar-refractivity contribution in [3.8, 4) is 11.5 Å². The summed E-state index contributed by atoms with van der Waals surface area (Å²) >= 11 is 5.92. The van der Waals surface area contributed by atoms with Crippen LogP contribution >= 0.6 is 11.6 Å². The van der Waals surface area contributed by atoms with Gasteiger partial charge in [-0.1, -0.05) is 28.9 Å². The van der Waals surface area contributed by atoms with Gasteiger partial charge >= 0.3 is 0 Å². The first-order valence-corrected chi connectivity index (χ1v) is 11.1. The van der Waals surface area contributed by atoms with Crippen LogP contribution in [-0.4, -0.2) is 58.6 Å². The lowest BCUT2D eigenvalue weighted by Gasteiger charge is -2.25. The molecule has 4 rings (SSSR count). The second-order valence-electron chi connectivity index (χ2n) is 7.51. The Bertz CT molecular complexity index is 1020. The quantitative estimate of drug-likeness (QED) is 0.498. The minimum Gasteiger partial charge on any atom is -0.457 e. The van der Waals surface area contributed by atoms with E-state index >= 15 is 0 Å². The van der Waals surface area contributed by atoms with Gasteiger partial charge in [-0.05, 0) is 54.9 Å². The average Bonchev–Trinajstić information content (AvgIpc) is 3.30. The molecule has 168 valence electrons. The maximum absolute atomic E-state index is 12.4. The number of nitrogens with zero attached hydrogens (tertiary/aromatic N) is 4. The van der Waals surface area contributed by atoms with Crippen molar-refractivity contribution in [3.63, 3.8) is 0 Å². The van der Waals surface area contributed by atoms with E-state index in [9.17, 15) is 4.79 Å². The largest absolute Gasteiger partial charge is 0.457 e. The fraction of sp³-hybridized carbons (Fsp3) is 0.348. The first-order valence-electron chi connectivity index (χ1n) is 10.7. The van der Waals surface area contributed by atoms with Crippen LogP contribution in [-0.2, 0) is 17.8 Å². The Kier molecular flexibility index (Phi) is 7.71. The zero-order valence-corrected chi connectivity index (χ0v) is 18.5. The topological polar surface area (TPSA) is 81.5 Å². The molecule has 0 spiro atoms. The molecule has 0 bridgehead atoms. The van der Waals surface area contributed by atoms with Crippen LogP contribution in [0.2, 0.25) is 5.02 Å². The Morgan fingerprint density at radius 3 is 2.75 bits per heavy atom. The molecule has 0 aliphatic carbocycles. The van der Waals surface area contributed by atoms with E-state index in [1.165, 1.54) is 0 Å². The van der Waals surface area contributed by atoms with E-state index in [0.29, 0.717) is 43.6 Å². The maximum Gasteiger partial charge on any atom is 0.276 e. The lowest BCUT2D eigenvalue weighted by molar-refractivity contribution is 0.0299. The Labute approximate surface area is 192 Å². The third kappa shape index (κ3) is 6.29. The molecule has 1 saturated heterocycles. The number of benzene rings is 2. The van der Waals surface area contributed by atoms with E-state index < -0.39 is 0 Å². The molecule has 1 aliphatic rings. The van der Waals surface area contributed by atoms with Crippen molar-refractivity contribution in [2.24, 2.45) is 0 Å². The molecule has 0 atom stereocenters. The van der Waals surface area contributed by atoms with Crippen LogP contribution in [0.3, 0.4) is 0 Å². The second-order valence-corrected chi connectivity index (χ2v) is 7.94. The zero-order chi connectivity index (χ0) is 22.2. The standard InChI is InChI=1S/C23H26ClN5O3/c24-19-5-7-20(8-6-19)32-21-4-1-3-18(15-21)16-25-9-2-10-29-17-22(26-27-29)23(30)28-11-13-31-14-12-28/h1,3-8,15,17,25H,2,9-14,16H2. The third-order valence-corrected chi connectivity index (χ3v) is 5.33. The zero-order valence-electron chi connectivity index (χ0n) is 17.7. The van der Waals surface area contributed by atoms with Crippen molar-refractivity contribution in [1.82, 2.24) is 25.2 Å². The molecule has 1 aromatic heterocycles. The highest BCUT2D eigenvalue weighted by Gasteiger charge is 2.21. The van der Waals surface area contributed by atoms with Gasteiger partial charge in [0.1, 0.15) is 11.5 Å². The van der Waals surface area contributed by atoms with Crippen LogP contribution in [0, 0.1) is 0 Å². The summed E-state index contributed by atoms with van der Waals surface area (Å²) in [5.41, 5.74) is 1.52. The molecule has 2 aromatic carbocycles. The number of carbonyl (C=O) groups excluding carboxylic acids is 1. The number of nitrogens with one attached hydrogen (secondary N) is 1. The van der Waals surface area contributed by atoms with Crippen LogP contribution < -0.4 is 10.1 Å². The van der Waals surface area contributed by atoms with E-state index in [0.717, 1.165) is 36.6 Å². The molecule has 8 nitrogen and oxygen atoms in total. The molecule has 0 saturated carbocycles. The molecule has 1 aliphatic heterocycles. The third-order valence-electron chi connectivity index (χ3n) is 5.07. The van der Waals surface area contributed by atoms with E-state index in [-0.39, 0.29) is 5.91 Å². The van der Waals surface area contributed by atoms with Gasteiger partial charge in [0.05, 0.1) is 19.4 Å². The first kappa shape index (κ1) is 22.3. The van der Waals surface area contributed by atoms with E-state index in [2.05, 4.69) is 21.7 Å². The molecule has 1 fully saturated rings. The van der Waals surface area contributed by atoms with Crippen molar-refractivity contribution in [1.29, 1.82) is 0 Å². The van der Waals surface area contributed by atoms with Gasteiger partial charge in [0.15, 0.2) is 5.69 Å². The van der Waals surface area contributed by atoms with Crippen molar-refractivity contribution in [2.75, 3.05) is 32.8 Å². The Morgan fingerprint density at radius 2 is 1.94 bits per heavy atom. The maximum atomic E-state index is 12.4. The molecule has 3 aromatic rings. The molecule has 0 radical (unpaired) electrons. The van der Waals surface area contributed by atoms with Gasteiger partial charge in [0, 0.05) is 31.2 Å². The van der Waals surface area contributed by atoms with Gasteiger partial charge in [0.25, 0.3) is 5.91 Å². The molecule has 0 unspecified atom stereocenters. The summed E-state index contributed by atoms with van der Waals surface area (Å²) in [5.74, 6) is 1.45. The van der Waals surface area contributed by atoms with Gasteiger partial charge in [-0.15, -0.1) is 5.10 Å². The van der Waals surface area contributed by atoms with Crippen molar-refractivity contribution >= 4 is 17.5 Å². The summed E-state index contributed by atoms with van der Waals surface area (Å²) in [6.07, 6.45) is 2.59. The highest BCUT2D eigenvalue weighted by molar-refractivity contribution is 6.30. The monoisotopic (exact) mass is 455 g/mol. The average molecular weight is 456 g/mol. The normalized spacial score (nSPS) is 13.8. The minimum absolute atomic E-state index is 0.0848. The summed E-state index contributed by atoms with van der Waals surface area (Å²) in [5, 5.41) is 12.2. The van der Waals surface area contributed by atoms with E-state index in [1.54, 1.807) is 27.9 Å². The van der Waals surface area contributed by atoms with Crippen LogP contribution in [0.5, 0.6) is 11.5 Å². The summed E-state index contributed by atoms with van der Waals surface area (Å²) < 4.78 is 12.9. The lowest BCUT2D eigenvalue weighted by Crippen LogP contribution is -2.40. The van der Waals surface area contributed by atoms with Gasteiger partial charge in [-0.25, -0.2) is 0 Å².